The Kier molecular flexibility index (Phi) is 4.76. The van der Waals surface area contributed by atoms with E-state index in [1.165, 1.54) is 12.1 Å². The number of hydrazine groups is 1. The number of hydrogen-bond acceptors (Lipinski definition) is 4. The van der Waals surface area contributed by atoms with Gasteiger partial charge < -0.3 is 10.3 Å². The van der Waals surface area contributed by atoms with Gasteiger partial charge in [0.25, 0.3) is 0 Å². The summed E-state index contributed by atoms with van der Waals surface area (Å²) in [5.74, 6) is 5.62. The molecule has 0 amide bonds. The fourth-order valence-electron chi connectivity index (χ4n) is 1.91. The molecule has 6 heteroatoms. The van der Waals surface area contributed by atoms with E-state index in [9.17, 15) is 4.39 Å². The molecule has 20 heavy (non-hydrogen) atoms. The van der Waals surface area contributed by atoms with Crippen molar-refractivity contribution in [2.75, 3.05) is 16.9 Å². The molecule has 0 radical (unpaired) electrons. The van der Waals surface area contributed by atoms with Crippen LogP contribution in [0.5, 0.6) is 0 Å². The Morgan fingerprint density at radius 2 is 2.15 bits per heavy atom. The molecule has 0 saturated carbocycles. The maximum Gasteiger partial charge on any atom is 0.140 e. The number of aromatic nitrogens is 1. The predicted octanol–water partition coefficient (Wildman–Crippen LogP) is 3.19. The Morgan fingerprint density at radius 1 is 1.35 bits per heavy atom. The second-order valence-corrected chi connectivity index (χ2v) is 4.67. The molecule has 1 heterocycles. The highest BCUT2D eigenvalue weighted by Crippen LogP contribution is 2.22. The summed E-state index contributed by atoms with van der Waals surface area (Å²) in [6, 6.07) is 9.87. The van der Waals surface area contributed by atoms with Gasteiger partial charge in [0.05, 0.1) is 17.3 Å². The first kappa shape index (κ1) is 14.6. The molecule has 0 fully saturated rings. The molecule has 2 rings (SSSR count). The van der Waals surface area contributed by atoms with E-state index in [0.717, 1.165) is 5.69 Å². The van der Waals surface area contributed by atoms with Gasteiger partial charge in [-0.2, -0.15) is 0 Å². The standard InChI is InChI=1S/C14H16ClFN4/c1-2-20(11-5-3-4-10(16)8-11)9-13-12(15)6-7-14(18-13)19-17/h3-8H,2,9,17H2,1H3,(H,18,19). The van der Waals surface area contributed by atoms with Gasteiger partial charge in [0, 0.05) is 12.2 Å². The number of halogens is 2. The minimum atomic E-state index is -0.266. The Labute approximate surface area is 122 Å². The third-order valence-electron chi connectivity index (χ3n) is 2.96. The monoisotopic (exact) mass is 294 g/mol. The smallest absolute Gasteiger partial charge is 0.140 e. The molecule has 0 aliphatic carbocycles. The molecular weight excluding hydrogens is 279 g/mol. The molecule has 0 atom stereocenters. The fraction of sp³-hybridized carbons (Fsp3) is 0.214. The normalized spacial score (nSPS) is 10.4. The van der Waals surface area contributed by atoms with Gasteiger partial charge in [-0.1, -0.05) is 17.7 Å². The highest BCUT2D eigenvalue weighted by molar-refractivity contribution is 6.31. The average molecular weight is 295 g/mol. The molecule has 0 saturated heterocycles. The van der Waals surface area contributed by atoms with Crippen molar-refractivity contribution < 1.29 is 4.39 Å². The molecular formula is C14H16ClFN4. The van der Waals surface area contributed by atoms with Gasteiger partial charge in [0.15, 0.2) is 0 Å². The Morgan fingerprint density at radius 3 is 2.80 bits per heavy atom. The summed E-state index contributed by atoms with van der Waals surface area (Å²) in [5, 5.41) is 0.554. The molecule has 0 spiro atoms. The largest absolute Gasteiger partial charge is 0.366 e. The number of nitrogens with one attached hydrogen (secondary N) is 1. The molecule has 2 aromatic rings. The van der Waals surface area contributed by atoms with Crippen molar-refractivity contribution in [2.45, 2.75) is 13.5 Å². The van der Waals surface area contributed by atoms with Crippen LogP contribution in [0.15, 0.2) is 36.4 Å². The fourth-order valence-corrected chi connectivity index (χ4v) is 2.08. The third kappa shape index (κ3) is 3.37. The van der Waals surface area contributed by atoms with Crippen molar-refractivity contribution in [2.24, 2.45) is 5.84 Å². The van der Waals surface area contributed by atoms with Crippen LogP contribution in [0.4, 0.5) is 15.9 Å². The van der Waals surface area contributed by atoms with Gasteiger partial charge in [-0.3, -0.25) is 0 Å². The number of nitrogens with two attached hydrogens (primary N) is 1. The van der Waals surface area contributed by atoms with Gasteiger partial charge in [-0.25, -0.2) is 15.2 Å². The van der Waals surface area contributed by atoms with Crippen molar-refractivity contribution in [1.82, 2.24) is 4.98 Å². The summed E-state index contributed by atoms with van der Waals surface area (Å²) in [6.07, 6.45) is 0. The van der Waals surface area contributed by atoms with Crippen LogP contribution in [0.25, 0.3) is 0 Å². The van der Waals surface area contributed by atoms with Gasteiger partial charge in [0.2, 0.25) is 0 Å². The van der Waals surface area contributed by atoms with Crippen LogP contribution >= 0.6 is 11.6 Å². The molecule has 0 unspecified atom stereocenters. The van der Waals surface area contributed by atoms with E-state index >= 15 is 0 Å². The van der Waals surface area contributed by atoms with Gasteiger partial charge in [0.1, 0.15) is 11.6 Å². The van der Waals surface area contributed by atoms with Crippen LogP contribution < -0.4 is 16.2 Å². The summed E-state index contributed by atoms with van der Waals surface area (Å²) < 4.78 is 13.3. The highest BCUT2D eigenvalue weighted by Gasteiger charge is 2.10. The Balaban J connectivity index is 2.26. The number of benzene rings is 1. The van der Waals surface area contributed by atoms with E-state index in [1.54, 1.807) is 18.2 Å². The number of nitrogen functional groups attached to an aromatic ring is 1. The van der Waals surface area contributed by atoms with Crippen molar-refractivity contribution in [1.29, 1.82) is 0 Å². The maximum atomic E-state index is 13.3. The SMILES string of the molecule is CCN(Cc1nc(NN)ccc1Cl)c1cccc(F)c1. The summed E-state index contributed by atoms with van der Waals surface area (Å²) in [6.45, 7) is 3.18. The minimum Gasteiger partial charge on any atom is -0.366 e. The second-order valence-electron chi connectivity index (χ2n) is 4.26. The van der Waals surface area contributed by atoms with Crippen LogP contribution in [-0.4, -0.2) is 11.5 Å². The van der Waals surface area contributed by atoms with Crippen LogP contribution in [0, 0.1) is 5.82 Å². The summed E-state index contributed by atoms with van der Waals surface area (Å²) >= 11 is 6.14. The van der Waals surface area contributed by atoms with E-state index < -0.39 is 0 Å². The van der Waals surface area contributed by atoms with Crippen molar-refractivity contribution in [3.8, 4) is 0 Å². The lowest BCUT2D eigenvalue weighted by Gasteiger charge is -2.23. The molecule has 106 valence electrons. The number of anilines is 2. The first-order chi connectivity index (χ1) is 9.63. The summed E-state index contributed by atoms with van der Waals surface area (Å²) in [7, 11) is 0. The zero-order valence-corrected chi connectivity index (χ0v) is 11.9. The predicted molar refractivity (Wildman–Crippen MR) is 80.2 cm³/mol. The van der Waals surface area contributed by atoms with Crippen molar-refractivity contribution in [3.05, 3.63) is 52.9 Å². The molecule has 1 aromatic heterocycles. The summed E-state index contributed by atoms with van der Waals surface area (Å²) in [5.41, 5.74) is 3.96. The molecule has 1 aromatic carbocycles. The minimum absolute atomic E-state index is 0.266. The molecule has 4 nitrogen and oxygen atoms in total. The number of hydrogen-bond donors (Lipinski definition) is 2. The first-order valence-corrected chi connectivity index (χ1v) is 6.64. The lowest BCUT2D eigenvalue weighted by molar-refractivity contribution is 0.626. The lowest BCUT2D eigenvalue weighted by atomic mass is 10.2. The van der Waals surface area contributed by atoms with E-state index in [1.807, 2.05) is 17.9 Å². The average Bonchev–Trinajstić information content (AvgIpc) is 2.46. The zero-order chi connectivity index (χ0) is 14.5. The maximum absolute atomic E-state index is 13.3. The highest BCUT2D eigenvalue weighted by atomic mass is 35.5. The first-order valence-electron chi connectivity index (χ1n) is 6.26. The Bertz CT molecular complexity index is 591. The second kappa shape index (κ2) is 6.54. The van der Waals surface area contributed by atoms with Gasteiger partial charge in [-0.15, -0.1) is 0 Å². The van der Waals surface area contributed by atoms with Crippen molar-refractivity contribution in [3.63, 3.8) is 0 Å². The Hall–Kier alpha value is -1.85. The van der Waals surface area contributed by atoms with Crippen LogP contribution in [0.3, 0.4) is 0 Å². The number of nitrogens with zero attached hydrogens (tertiary/aromatic N) is 2. The summed E-state index contributed by atoms with van der Waals surface area (Å²) in [4.78, 5) is 6.31. The zero-order valence-electron chi connectivity index (χ0n) is 11.1. The van der Waals surface area contributed by atoms with E-state index in [-0.39, 0.29) is 5.82 Å². The van der Waals surface area contributed by atoms with Crippen LogP contribution in [0.1, 0.15) is 12.6 Å². The third-order valence-corrected chi connectivity index (χ3v) is 3.31. The van der Waals surface area contributed by atoms with Gasteiger partial charge >= 0.3 is 0 Å². The quantitative estimate of drug-likeness (QED) is 0.657. The molecule has 0 bridgehead atoms. The molecule has 0 aliphatic rings. The number of pyridine rings is 1. The van der Waals surface area contributed by atoms with Crippen LogP contribution in [-0.2, 0) is 6.54 Å². The molecule has 0 aliphatic heterocycles. The van der Waals surface area contributed by atoms with E-state index in [0.29, 0.717) is 29.6 Å². The topological polar surface area (TPSA) is 54.2 Å². The van der Waals surface area contributed by atoms with Gasteiger partial charge in [-0.05, 0) is 37.3 Å². The van der Waals surface area contributed by atoms with E-state index in [4.69, 9.17) is 17.4 Å². The van der Waals surface area contributed by atoms with E-state index in [2.05, 4.69) is 10.4 Å². The number of rotatable bonds is 5. The van der Waals surface area contributed by atoms with Crippen molar-refractivity contribution >= 4 is 23.1 Å². The lowest BCUT2D eigenvalue weighted by Crippen LogP contribution is -2.23. The molecule has 3 N–H and O–H groups in total. The van der Waals surface area contributed by atoms with Crippen LogP contribution in [0.2, 0.25) is 5.02 Å².